The molecular formula is C26H34BrN3O6S. The number of nitrogens with one attached hydrogen (secondary N) is 1. The monoisotopic (exact) mass is 595 g/mol. The summed E-state index contributed by atoms with van der Waals surface area (Å²) in [5.74, 6) is 0.173. The van der Waals surface area contributed by atoms with Crippen LogP contribution in [0.5, 0.6) is 11.5 Å². The van der Waals surface area contributed by atoms with Gasteiger partial charge in [0.25, 0.3) is 0 Å². The minimum atomic E-state index is -3.83. The molecule has 37 heavy (non-hydrogen) atoms. The Balaban J connectivity index is 1.92. The van der Waals surface area contributed by atoms with Crippen LogP contribution in [0, 0.1) is 5.92 Å². The van der Waals surface area contributed by atoms with Crippen molar-refractivity contribution in [3.63, 3.8) is 0 Å². The highest BCUT2D eigenvalue weighted by atomic mass is 79.9. The van der Waals surface area contributed by atoms with Crippen LogP contribution in [-0.4, -0.2) is 63.2 Å². The highest BCUT2D eigenvalue weighted by Crippen LogP contribution is 2.35. The van der Waals surface area contributed by atoms with Crippen LogP contribution >= 0.6 is 15.9 Å². The minimum absolute atomic E-state index is 0.142. The van der Waals surface area contributed by atoms with Crippen molar-refractivity contribution in [1.82, 2.24) is 10.2 Å². The third-order valence-electron chi connectivity index (χ3n) is 5.91. The second kappa shape index (κ2) is 12.6. The summed E-state index contributed by atoms with van der Waals surface area (Å²) >= 11 is 3.40. The second-order valence-corrected chi connectivity index (χ2v) is 12.3. The van der Waals surface area contributed by atoms with Crippen molar-refractivity contribution in [1.29, 1.82) is 0 Å². The number of hydrogen-bond donors (Lipinski definition) is 1. The molecule has 0 bridgehead atoms. The summed E-state index contributed by atoms with van der Waals surface area (Å²) in [6.45, 7) is 8.03. The number of carbonyl (C=O) groups is 2. The van der Waals surface area contributed by atoms with E-state index in [9.17, 15) is 18.0 Å². The van der Waals surface area contributed by atoms with Crippen LogP contribution in [0.1, 0.15) is 33.3 Å². The number of hydrogen-bond acceptors (Lipinski definition) is 6. The van der Waals surface area contributed by atoms with Crippen molar-refractivity contribution >= 4 is 43.5 Å². The Bertz CT molecular complexity index is 1200. The number of nitrogens with zero attached hydrogens (tertiary/aromatic N) is 2. The molecule has 2 aromatic rings. The molecule has 0 fully saturated rings. The Hall–Kier alpha value is -2.79. The fourth-order valence-electron chi connectivity index (χ4n) is 3.73. The smallest absolute Gasteiger partial charge is 0.244 e. The molecule has 1 atom stereocenters. The Morgan fingerprint density at radius 1 is 1.03 bits per heavy atom. The van der Waals surface area contributed by atoms with Gasteiger partial charge < -0.3 is 19.7 Å². The lowest BCUT2D eigenvalue weighted by molar-refractivity contribution is -0.139. The van der Waals surface area contributed by atoms with Gasteiger partial charge >= 0.3 is 0 Å². The molecule has 0 spiro atoms. The number of anilines is 1. The maximum absolute atomic E-state index is 13.7. The fourth-order valence-corrected chi connectivity index (χ4v) is 5.05. The number of fused-ring (bicyclic) bond motifs is 1. The lowest BCUT2D eigenvalue weighted by Crippen LogP contribution is -2.51. The van der Waals surface area contributed by atoms with Crippen molar-refractivity contribution in [2.75, 3.05) is 36.4 Å². The van der Waals surface area contributed by atoms with Gasteiger partial charge in [0.15, 0.2) is 11.5 Å². The van der Waals surface area contributed by atoms with E-state index in [4.69, 9.17) is 9.47 Å². The zero-order chi connectivity index (χ0) is 27.2. The molecule has 1 heterocycles. The zero-order valence-electron chi connectivity index (χ0n) is 21.6. The molecule has 0 radical (unpaired) electrons. The molecule has 0 saturated carbocycles. The average Bonchev–Trinajstić information content (AvgIpc) is 2.89. The topological polar surface area (TPSA) is 105 Å². The predicted molar refractivity (Wildman–Crippen MR) is 146 cm³/mol. The van der Waals surface area contributed by atoms with E-state index in [-0.39, 0.29) is 24.1 Å². The molecule has 0 aliphatic carbocycles. The summed E-state index contributed by atoms with van der Waals surface area (Å²) in [6, 6.07) is 11.4. The second-order valence-electron chi connectivity index (χ2n) is 9.20. The minimum Gasteiger partial charge on any atom is -0.486 e. The van der Waals surface area contributed by atoms with Crippen molar-refractivity contribution in [2.24, 2.45) is 5.92 Å². The molecule has 2 aromatic carbocycles. The van der Waals surface area contributed by atoms with Gasteiger partial charge in [-0.2, -0.15) is 0 Å². The fraction of sp³-hybridized carbons (Fsp3) is 0.462. The van der Waals surface area contributed by atoms with Gasteiger partial charge in [-0.3, -0.25) is 13.9 Å². The SMILES string of the molecule is CCS(=O)(=O)N(CC(=O)N(Cc1ccc(Br)cc1)C(C)C(=O)NCC(C)C)c1ccc2c(c1)OCCO2. The third kappa shape index (κ3) is 7.61. The molecule has 202 valence electrons. The standard InChI is InChI=1S/C26H34BrN3O6S/c1-5-37(33,34)30(22-10-11-23-24(14-22)36-13-12-35-23)17-25(31)29(16-20-6-8-21(27)9-7-20)19(4)26(32)28-15-18(2)3/h6-11,14,18-19H,5,12-13,15-17H2,1-4H3,(H,28,32). The molecular weight excluding hydrogens is 562 g/mol. The molecule has 0 saturated heterocycles. The van der Waals surface area contributed by atoms with Gasteiger partial charge in [0.2, 0.25) is 21.8 Å². The summed E-state index contributed by atoms with van der Waals surface area (Å²) in [5, 5.41) is 2.87. The Labute approximate surface area is 227 Å². The largest absolute Gasteiger partial charge is 0.486 e. The summed E-state index contributed by atoms with van der Waals surface area (Å²) < 4.78 is 39.3. The first-order valence-corrected chi connectivity index (χ1v) is 14.6. The zero-order valence-corrected chi connectivity index (χ0v) is 24.0. The number of benzene rings is 2. The van der Waals surface area contributed by atoms with Crippen molar-refractivity contribution in [2.45, 2.75) is 40.3 Å². The van der Waals surface area contributed by atoms with E-state index >= 15 is 0 Å². The van der Waals surface area contributed by atoms with Crippen LogP contribution in [0.15, 0.2) is 46.9 Å². The van der Waals surface area contributed by atoms with Gasteiger partial charge in [-0.1, -0.05) is 41.9 Å². The van der Waals surface area contributed by atoms with E-state index in [1.165, 1.54) is 11.8 Å². The molecule has 2 amide bonds. The molecule has 9 nitrogen and oxygen atoms in total. The molecule has 1 unspecified atom stereocenters. The van der Waals surface area contributed by atoms with E-state index in [0.717, 1.165) is 14.3 Å². The summed E-state index contributed by atoms with van der Waals surface area (Å²) in [4.78, 5) is 28.1. The third-order valence-corrected chi connectivity index (χ3v) is 8.18. The highest BCUT2D eigenvalue weighted by molar-refractivity contribution is 9.10. The Morgan fingerprint density at radius 3 is 2.30 bits per heavy atom. The molecule has 11 heteroatoms. The summed E-state index contributed by atoms with van der Waals surface area (Å²) in [5.41, 5.74) is 1.10. The van der Waals surface area contributed by atoms with Crippen LogP contribution in [-0.2, 0) is 26.2 Å². The number of rotatable bonds is 11. The highest BCUT2D eigenvalue weighted by Gasteiger charge is 2.31. The summed E-state index contributed by atoms with van der Waals surface area (Å²) in [6.07, 6.45) is 0. The van der Waals surface area contributed by atoms with Gasteiger partial charge in [0.05, 0.1) is 11.4 Å². The van der Waals surface area contributed by atoms with Gasteiger partial charge in [0.1, 0.15) is 25.8 Å². The molecule has 0 aromatic heterocycles. The van der Waals surface area contributed by atoms with Gasteiger partial charge in [-0.05, 0) is 49.6 Å². The van der Waals surface area contributed by atoms with Gasteiger partial charge in [-0.25, -0.2) is 8.42 Å². The predicted octanol–water partition coefficient (Wildman–Crippen LogP) is 3.57. The van der Waals surface area contributed by atoms with E-state index in [1.54, 1.807) is 25.1 Å². The first kappa shape index (κ1) is 28.8. The normalized spacial score (nSPS) is 13.7. The number of ether oxygens (including phenoxy) is 2. The van der Waals surface area contributed by atoms with Crippen LogP contribution < -0.4 is 19.1 Å². The van der Waals surface area contributed by atoms with Crippen molar-refractivity contribution in [3.8, 4) is 11.5 Å². The molecule has 1 N–H and O–H groups in total. The first-order valence-electron chi connectivity index (χ1n) is 12.2. The van der Waals surface area contributed by atoms with E-state index in [0.29, 0.717) is 36.9 Å². The van der Waals surface area contributed by atoms with Crippen LogP contribution in [0.2, 0.25) is 0 Å². The lowest BCUT2D eigenvalue weighted by Gasteiger charge is -2.32. The molecule has 1 aliphatic rings. The van der Waals surface area contributed by atoms with E-state index < -0.39 is 28.5 Å². The number of carbonyl (C=O) groups excluding carboxylic acids is 2. The Kier molecular flexibility index (Phi) is 9.83. The molecule has 3 rings (SSSR count). The van der Waals surface area contributed by atoms with Crippen molar-refractivity contribution < 1.29 is 27.5 Å². The van der Waals surface area contributed by atoms with Gasteiger partial charge in [0, 0.05) is 23.6 Å². The maximum Gasteiger partial charge on any atom is 0.244 e. The van der Waals surface area contributed by atoms with Crippen molar-refractivity contribution in [3.05, 3.63) is 52.5 Å². The lowest BCUT2D eigenvalue weighted by atomic mass is 10.1. The van der Waals surface area contributed by atoms with E-state index in [2.05, 4.69) is 21.2 Å². The molecule has 1 aliphatic heterocycles. The number of amides is 2. The quantitative estimate of drug-likeness (QED) is 0.426. The van der Waals surface area contributed by atoms with Gasteiger partial charge in [-0.15, -0.1) is 0 Å². The number of sulfonamides is 1. The van der Waals surface area contributed by atoms with Crippen LogP contribution in [0.4, 0.5) is 5.69 Å². The maximum atomic E-state index is 13.7. The Morgan fingerprint density at radius 2 is 1.68 bits per heavy atom. The first-order chi connectivity index (χ1) is 17.5. The number of halogens is 1. The average molecular weight is 597 g/mol. The summed E-state index contributed by atoms with van der Waals surface area (Å²) in [7, 11) is -3.83. The van der Waals surface area contributed by atoms with E-state index in [1.807, 2.05) is 38.1 Å². The van der Waals surface area contributed by atoms with Crippen LogP contribution in [0.3, 0.4) is 0 Å². The van der Waals surface area contributed by atoms with Crippen LogP contribution in [0.25, 0.3) is 0 Å².